The van der Waals surface area contributed by atoms with Crippen LogP contribution in [0.1, 0.15) is 18.5 Å². The van der Waals surface area contributed by atoms with Crippen LogP contribution in [0.25, 0.3) is 0 Å². The smallest absolute Gasteiger partial charge is 0.255 e. The molecule has 0 spiro atoms. The second-order valence-corrected chi connectivity index (χ2v) is 4.33. The predicted molar refractivity (Wildman–Crippen MR) is 62.1 cm³/mol. The Labute approximate surface area is 93.4 Å². The van der Waals surface area contributed by atoms with E-state index in [0.717, 1.165) is 11.3 Å². The highest BCUT2D eigenvalue weighted by Crippen LogP contribution is 2.19. The molecule has 0 saturated heterocycles. The summed E-state index contributed by atoms with van der Waals surface area (Å²) in [5, 5.41) is 0. The van der Waals surface area contributed by atoms with Gasteiger partial charge < -0.3 is 5.73 Å². The van der Waals surface area contributed by atoms with Crippen molar-refractivity contribution in [1.82, 2.24) is 5.43 Å². The lowest BCUT2D eigenvalue weighted by atomic mass is 10.1. The lowest BCUT2D eigenvalue weighted by Crippen LogP contribution is -2.38. The lowest BCUT2D eigenvalue weighted by molar-refractivity contribution is -0.122. The molecule has 1 atom stereocenters. The van der Waals surface area contributed by atoms with Gasteiger partial charge in [0.1, 0.15) is 6.04 Å². The number of nitrogens with two attached hydrogens (primary N) is 2. The number of hydrogen-bond acceptors (Lipinski definition) is 4. The monoisotopic (exact) mass is 225 g/mol. The molecule has 1 aromatic rings. The molecule has 0 saturated carbocycles. The van der Waals surface area contributed by atoms with Gasteiger partial charge >= 0.3 is 0 Å². The Morgan fingerprint density at radius 1 is 1.47 bits per heavy atom. The first-order valence-electron chi connectivity index (χ1n) is 4.67. The summed E-state index contributed by atoms with van der Waals surface area (Å²) in [5.41, 5.74) is 8.47. The molecule has 1 unspecified atom stereocenters. The Hall–Kier alpha value is -1.04. The van der Waals surface area contributed by atoms with E-state index in [1.54, 1.807) is 11.8 Å². The molecule has 5 heteroatoms. The summed E-state index contributed by atoms with van der Waals surface area (Å²) in [6, 6.07) is 6.89. The molecule has 0 bridgehead atoms. The molecule has 0 aliphatic carbocycles. The van der Waals surface area contributed by atoms with Gasteiger partial charge in [-0.15, -0.1) is 11.8 Å². The molecule has 0 radical (unpaired) electrons. The third-order valence-corrected chi connectivity index (χ3v) is 2.87. The minimum atomic E-state index is -0.698. The summed E-state index contributed by atoms with van der Waals surface area (Å²) in [5.74, 6) is 5.64. The Morgan fingerprint density at radius 3 is 2.53 bits per heavy atom. The topological polar surface area (TPSA) is 81.1 Å². The van der Waals surface area contributed by atoms with Crippen molar-refractivity contribution in [2.75, 3.05) is 5.75 Å². The van der Waals surface area contributed by atoms with Crippen molar-refractivity contribution >= 4 is 17.7 Å². The molecule has 1 amide bonds. The zero-order chi connectivity index (χ0) is 11.3. The highest BCUT2D eigenvalue weighted by atomic mass is 32.2. The van der Waals surface area contributed by atoms with Crippen LogP contribution in [0.2, 0.25) is 0 Å². The number of amides is 1. The molecule has 5 N–H and O–H groups in total. The summed E-state index contributed by atoms with van der Waals surface area (Å²) >= 11 is 1.74. The van der Waals surface area contributed by atoms with Crippen LogP contribution in [0, 0.1) is 0 Å². The lowest BCUT2D eigenvalue weighted by Gasteiger charge is -2.10. The van der Waals surface area contributed by atoms with Gasteiger partial charge in [-0.05, 0) is 23.4 Å². The van der Waals surface area contributed by atoms with Gasteiger partial charge in [0, 0.05) is 4.90 Å². The van der Waals surface area contributed by atoms with Crippen LogP contribution in [0.4, 0.5) is 0 Å². The van der Waals surface area contributed by atoms with E-state index in [9.17, 15) is 4.79 Å². The molecule has 1 aromatic carbocycles. The predicted octanol–water partition coefficient (Wildman–Crippen LogP) is 0.788. The van der Waals surface area contributed by atoms with Crippen molar-refractivity contribution in [3.05, 3.63) is 29.8 Å². The number of rotatable bonds is 4. The summed E-state index contributed by atoms with van der Waals surface area (Å²) in [6.07, 6.45) is 0. The first-order valence-corrected chi connectivity index (χ1v) is 5.66. The van der Waals surface area contributed by atoms with Gasteiger partial charge in [-0.2, -0.15) is 0 Å². The maximum absolute atomic E-state index is 11.2. The highest BCUT2D eigenvalue weighted by molar-refractivity contribution is 7.99. The average Bonchev–Trinajstić information content (AvgIpc) is 2.28. The standard InChI is InChI=1S/C10H15N3OS/c1-2-15-8-5-3-7(4-6-8)9(11)10(14)13-12/h3-6,9H,2,11-12H2,1H3,(H,13,14). The van der Waals surface area contributed by atoms with Crippen LogP contribution in [0.5, 0.6) is 0 Å². The van der Waals surface area contributed by atoms with E-state index < -0.39 is 6.04 Å². The van der Waals surface area contributed by atoms with Crippen LogP contribution < -0.4 is 17.0 Å². The molecular formula is C10H15N3OS. The van der Waals surface area contributed by atoms with Gasteiger partial charge in [-0.3, -0.25) is 10.2 Å². The van der Waals surface area contributed by atoms with Crippen LogP contribution in [-0.4, -0.2) is 11.7 Å². The van der Waals surface area contributed by atoms with Crippen molar-refractivity contribution in [1.29, 1.82) is 0 Å². The Kier molecular flexibility index (Phi) is 4.61. The molecule has 0 heterocycles. The summed E-state index contributed by atoms with van der Waals surface area (Å²) in [4.78, 5) is 12.3. The average molecular weight is 225 g/mol. The third kappa shape index (κ3) is 3.23. The van der Waals surface area contributed by atoms with E-state index in [1.807, 2.05) is 29.7 Å². The molecule has 0 fully saturated rings. The third-order valence-electron chi connectivity index (χ3n) is 1.97. The number of benzene rings is 1. The largest absolute Gasteiger partial charge is 0.316 e. The molecule has 15 heavy (non-hydrogen) atoms. The molecule has 0 aromatic heterocycles. The van der Waals surface area contributed by atoms with Crippen LogP contribution in [0.15, 0.2) is 29.2 Å². The van der Waals surface area contributed by atoms with Gasteiger partial charge in [0.15, 0.2) is 0 Å². The van der Waals surface area contributed by atoms with E-state index >= 15 is 0 Å². The SMILES string of the molecule is CCSc1ccc(C(N)C(=O)NN)cc1. The van der Waals surface area contributed by atoms with Gasteiger partial charge in [0.25, 0.3) is 5.91 Å². The molecule has 1 rings (SSSR count). The molecule has 0 aliphatic rings. The number of carbonyl (C=O) groups is 1. The van der Waals surface area contributed by atoms with E-state index in [1.165, 1.54) is 4.90 Å². The molecule has 0 aliphatic heterocycles. The maximum atomic E-state index is 11.2. The first kappa shape index (κ1) is 12.0. The number of carbonyl (C=O) groups excluding carboxylic acids is 1. The second-order valence-electron chi connectivity index (χ2n) is 2.99. The quantitative estimate of drug-likeness (QED) is 0.306. The van der Waals surface area contributed by atoms with Crippen molar-refractivity contribution in [3.63, 3.8) is 0 Å². The van der Waals surface area contributed by atoms with Gasteiger partial charge in [-0.25, -0.2) is 5.84 Å². The van der Waals surface area contributed by atoms with Crippen molar-refractivity contribution in [2.24, 2.45) is 11.6 Å². The maximum Gasteiger partial charge on any atom is 0.255 e. The Morgan fingerprint density at radius 2 is 2.07 bits per heavy atom. The van der Waals surface area contributed by atoms with E-state index in [0.29, 0.717) is 0 Å². The van der Waals surface area contributed by atoms with E-state index in [-0.39, 0.29) is 5.91 Å². The van der Waals surface area contributed by atoms with Gasteiger partial charge in [-0.1, -0.05) is 19.1 Å². The number of hydrogen-bond donors (Lipinski definition) is 3. The molecule has 4 nitrogen and oxygen atoms in total. The second kappa shape index (κ2) is 5.75. The summed E-state index contributed by atoms with van der Waals surface area (Å²) in [7, 11) is 0. The van der Waals surface area contributed by atoms with Gasteiger partial charge in [0.2, 0.25) is 0 Å². The van der Waals surface area contributed by atoms with Crippen LogP contribution >= 0.6 is 11.8 Å². The first-order chi connectivity index (χ1) is 7.19. The number of thioether (sulfide) groups is 1. The normalized spacial score (nSPS) is 12.2. The zero-order valence-corrected chi connectivity index (χ0v) is 9.38. The Balaban J connectivity index is 2.75. The fourth-order valence-electron chi connectivity index (χ4n) is 1.18. The fourth-order valence-corrected chi connectivity index (χ4v) is 1.84. The van der Waals surface area contributed by atoms with Crippen LogP contribution in [0.3, 0.4) is 0 Å². The number of hydrazine groups is 1. The van der Waals surface area contributed by atoms with Crippen LogP contribution in [-0.2, 0) is 4.79 Å². The fraction of sp³-hybridized carbons (Fsp3) is 0.300. The minimum Gasteiger partial charge on any atom is -0.316 e. The highest BCUT2D eigenvalue weighted by Gasteiger charge is 2.13. The Bertz CT molecular complexity index is 326. The van der Waals surface area contributed by atoms with Gasteiger partial charge in [0.05, 0.1) is 0 Å². The molecular weight excluding hydrogens is 210 g/mol. The van der Waals surface area contributed by atoms with Crippen molar-refractivity contribution < 1.29 is 4.79 Å². The summed E-state index contributed by atoms with van der Waals surface area (Å²) < 4.78 is 0. The van der Waals surface area contributed by atoms with Crippen molar-refractivity contribution in [3.8, 4) is 0 Å². The van der Waals surface area contributed by atoms with E-state index in [4.69, 9.17) is 11.6 Å². The summed E-state index contributed by atoms with van der Waals surface area (Å²) in [6.45, 7) is 2.09. The zero-order valence-electron chi connectivity index (χ0n) is 8.57. The number of nitrogens with one attached hydrogen (secondary N) is 1. The van der Waals surface area contributed by atoms with E-state index in [2.05, 4.69) is 6.92 Å². The van der Waals surface area contributed by atoms with Crippen molar-refractivity contribution in [2.45, 2.75) is 17.9 Å². The molecule has 82 valence electrons. The minimum absolute atomic E-state index is 0.383.